The van der Waals surface area contributed by atoms with Crippen LogP contribution in [0.1, 0.15) is 36.8 Å². The summed E-state index contributed by atoms with van der Waals surface area (Å²) in [6.45, 7) is 3.89. The molecule has 1 aromatic heterocycles. The Balaban J connectivity index is 2.34. The van der Waals surface area contributed by atoms with E-state index in [9.17, 15) is 13.6 Å². The highest BCUT2D eigenvalue weighted by atomic mass is 19.1. The third-order valence-corrected chi connectivity index (χ3v) is 4.32. The summed E-state index contributed by atoms with van der Waals surface area (Å²) in [4.78, 5) is 10.6. The molecule has 0 spiro atoms. The van der Waals surface area contributed by atoms with E-state index >= 15 is 0 Å². The zero-order valence-corrected chi connectivity index (χ0v) is 16.5. The fourth-order valence-corrected chi connectivity index (χ4v) is 2.96. The number of aldehydes is 1. The number of benzene rings is 2. The van der Waals surface area contributed by atoms with Gasteiger partial charge in [0.2, 0.25) is 0 Å². The van der Waals surface area contributed by atoms with Crippen molar-refractivity contribution in [1.82, 2.24) is 20.2 Å². The largest absolute Gasteiger partial charge is 0.299 e. The van der Waals surface area contributed by atoms with E-state index in [0.717, 1.165) is 0 Å². The minimum absolute atomic E-state index is 0.0217. The lowest BCUT2D eigenvalue weighted by molar-refractivity contribution is -0.104. The molecule has 0 aliphatic carbocycles. The number of hydrogen-bond acceptors (Lipinski definition) is 4. The van der Waals surface area contributed by atoms with Crippen molar-refractivity contribution in [3.05, 3.63) is 101 Å². The molecule has 0 aliphatic heterocycles. The monoisotopic (exact) mass is 406 g/mol. The number of tetrazole rings is 1. The Kier molecular flexibility index (Phi) is 6.75. The molecule has 0 bridgehead atoms. The van der Waals surface area contributed by atoms with Gasteiger partial charge < -0.3 is 0 Å². The van der Waals surface area contributed by atoms with Gasteiger partial charge in [0.25, 0.3) is 0 Å². The lowest BCUT2D eigenvalue weighted by Crippen LogP contribution is -2.08. The average molecular weight is 406 g/mol. The minimum Gasteiger partial charge on any atom is -0.299 e. The van der Waals surface area contributed by atoms with Gasteiger partial charge in [-0.15, -0.1) is 5.10 Å². The summed E-state index contributed by atoms with van der Waals surface area (Å²) >= 11 is 0. The molecule has 0 N–H and O–H groups in total. The standard InChI is InChI=1S/C23H20F2N4O/c1-16(2)29-23(26-27-28-29)21(6-4-3-5-15-30)22(17-7-11-19(24)12-8-17)18-9-13-20(25)14-10-18/h3-16H,1-2H3. The summed E-state index contributed by atoms with van der Waals surface area (Å²) < 4.78 is 28.8. The van der Waals surface area contributed by atoms with Crippen LogP contribution in [0.15, 0.2) is 72.8 Å². The van der Waals surface area contributed by atoms with Crippen LogP contribution in [0, 0.1) is 11.6 Å². The molecule has 1 heterocycles. The van der Waals surface area contributed by atoms with Crippen LogP contribution in [0.3, 0.4) is 0 Å². The second-order valence-corrected chi connectivity index (χ2v) is 6.72. The van der Waals surface area contributed by atoms with Crippen molar-refractivity contribution in [2.24, 2.45) is 0 Å². The fraction of sp³-hybridized carbons (Fsp3) is 0.130. The van der Waals surface area contributed by atoms with Gasteiger partial charge in [-0.25, -0.2) is 13.5 Å². The topological polar surface area (TPSA) is 60.7 Å². The van der Waals surface area contributed by atoms with E-state index in [1.807, 2.05) is 13.8 Å². The molecular weight excluding hydrogens is 386 g/mol. The van der Waals surface area contributed by atoms with Crippen molar-refractivity contribution in [3.63, 3.8) is 0 Å². The maximum Gasteiger partial charge on any atom is 0.182 e. The number of rotatable bonds is 7. The van der Waals surface area contributed by atoms with Gasteiger partial charge in [0, 0.05) is 5.57 Å². The Morgan fingerprint density at radius 3 is 1.97 bits per heavy atom. The Hall–Kier alpha value is -3.74. The Labute approximate surface area is 173 Å². The Bertz CT molecular complexity index is 1050. The molecule has 0 saturated heterocycles. The molecule has 0 radical (unpaired) electrons. The highest BCUT2D eigenvalue weighted by Crippen LogP contribution is 2.33. The highest BCUT2D eigenvalue weighted by Gasteiger charge is 2.19. The second kappa shape index (κ2) is 9.65. The van der Waals surface area contributed by atoms with Gasteiger partial charge >= 0.3 is 0 Å². The lowest BCUT2D eigenvalue weighted by atomic mass is 9.92. The minimum atomic E-state index is -0.366. The first kappa shape index (κ1) is 21.0. The molecule has 0 fully saturated rings. The third kappa shape index (κ3) is 4.81. The van der Waals surface area contributed by atoms with E-state index in [1.54, 1.807) is 47.2 Å². The smallest absolute Gasteiger partial charge is 0.182 e. The zero-order chi connectivity index (χ0) is 21.5. The van der Waals surface area contributed by atoms with Crippen molar-refractivity contribution in [1.29, 1.82) is 0 Å². The number of halogens is 2. The van der Waals surface area contributed by atoms with E-state index in [2.05, 4.69) is 15.5 Å². The molecule has 3 rings (SSSR count). The number of hydrogen-bond donors (Lipinski definition) is 0. The molecule has 2 aromatic carbocycles. The summed E-state index contributed by atoms with van der Waals surface area (Å²) in [6, 6.07) is 12.0. The summed E-state index contributed by atoms with van der Waals surface area (Å²) in [6.07, 6.45) is 7.08. The summed E-state index contributed by atoms with van der Waals surface area (Å²) in [5, 5.41) is 12.1. The van der Waals surface area contributed by atoms with Crippen molar-refractivity contribution < 1.29 is 13.6 Å². The predicted octanol–water partition coefficient (Wildman–Crippen LogP) is 4.80. The maximum atomic E-state index is 13.6. The molecule has 0 saturated carbocycles. The van der Waals surface area contributed by atoms with Crippen LogP contribution in [-0.4, -0.2) is 26.5 Å². The van der Waals surface area contributed by atoms with Crippen LogP contribution in [0.4, 0.5) is 8.78 Å². The average Bonchev–Trinajstić information content (AvgIpc) is 3.22. The third-order valence-electron chi connectivity index (χ3n) is 4.32. The van der Waals surface area contributed by atoms with Gasteiger partial charge in [0.05, 0.1) is 6.04 Å². The zero-order valence-electron chi connectivity index (χ0n) is 16.5. The molecule has 0 atom stereocenters. The summed E-state index contributed by atoms with van der Waals surface area (Å²) in [5.74, 6) is -0.241. The molecule has 0 unspecified atom stereocenters. The van der Waals surface area contributed by atoms with Gasteiger partial charge in [-0.3, -0.25) is 4.79 Å². The molecule has 152 valence electrons. The number of carbonyl (C=O) groups excluding carboxylic acids is 1. The molecule has 3 aromatic rings. The fourth-order valence-electron chi connectivity index (χ4n) is 2.96. The van der Waals surface area contributed by atoms with Gasteiger partial charge in [0.15, 0.2) is 5.82 Å². The van der Waals surface area contributed by atoms with E-state index in [-0.39, 0.29) is 17.7 Å². The molecular formula is C23H20F2N4O. The Morgan fingerprint density at radius 2 is 1.47 bits per heavy atom. The van der Waals surface area contributed by atoms with Crippen LogP contribution >= 0.6 is 0 Å². The number of nitrogens with zero attached hydrogens (tertiary/aromatic N) is 4. The summed E-state index contributed by atoms with van der Waals surface area (Å²) in [7, 11) is 0. The van der Waals surface area contributed by atoms with Crippen LogP contribution < -0.4 is 0 Å². The van der Waals surface area contributed by atoms with Crippen LogP contribution in [0.5, 0.6) is 0 Å². The number of aromatic nitrogens is 4. The second-order valence-electron chi connectivity index (χ2n) is 6.72. The number of allylic oxidation sites excluding steroid dienone is 5. The van der Waals surface area contributed by atoms with Crippen LogP contribution in [0.25, 0.3) is 11.1 Å². The predicted molar refractivity (Wildman–Crippen MR) is 111 cm³/mol. The van der Waals surface area contributed by atoms with E-state index < -0.39 is 0 Å². The van der Waals surface area contributed by atoms with Gasteiger partial charge in [-0.05, 0) is 71.3 Å². The first-order valence-corrected chi connectivity index (χ1v) is 9.34. The summed E-state index contributed by atoms with van der Waals surface area (Å²) in [5.41, 5.74) is 2.76. The molecule has 7 heteroatoms. The molecule has 5 nitrogen and oxygen atoms in total. The molecule has 0 amide bonds. The molecule has 0 aliphatic rings. The first-order valence-electron chi connectivity index (χ1n) is 9.34. The van der Waals surface area contributed by atoms with E-state index in [0.29, 0.717) is 34.4 Å². The quantitative estimate of drug-likeness (QED) is 0.321. The van der Waals surface area contributed by atoms with Crippen LogP contribution in [0.2, 0.25) is 0 Å². The van der Waals surface area contributed by atoms with Crippen molar-refractivity contribution in [2.45, 2.75) is 19.9 Å². The van der Waals surface area contributed by atoms with E-state index in [4.69, 9.17) is 0 Å². The maximum absolute atomic E-state index is 13.6. The SMILES string of the molecule is CC(C)n1nnnc1C(C=CC=CC=O)=C(c1ccc(F)cc1)c1ccc(F)cc1. The van der Waals surface area contributed by atoms with E-state index in [1.165, 1.54) is 30.3 Å². The first-order chi connectivity index (χ1) is 14.5. The normalized spacial score (nSPS) is 11.5. The Morgan fingerprint density at radius 1 is 0.900 bits per heavy atom. The number of carbonyl (C=O) groups is 1. The van der Waals surface area contributed by atoms with Gasteiger partial charge in [0.1, 0.15) is 17.9 Å². The van der Waals surface area contributed by atoms with Crippen LogP contribution in [-0.2, 0) is 4.79 Å². The van der Waals surface area contributed by atoms with Crippen molar-refractivity contribution in [2.75, 3.05) is 0 Å². The van der Waals surface area contributed by atoms with Crippen molar-refractivity contribution >= 4 is 17.4 Å². The lowest BCUT2D eigenvalue weighted by Gasteiger charge is -2.15. The molecule has 30 heavy (non-hydrogen) atoms. The van der Waals surface area contributed by atoms with Gasteiger partial charge in [-0.1, -0.05) is 42.5 Å². The van der Waals surface area contributed by atoms with Crippen molar-refractivity contribution in [3.8, 4) is 0 Å². The van der Waals surface area contributed by atoms with Gasteiger partial charge in [-0.2, -0.15) is 0 Å². The highest BCUT2D eigenvalue weighted by molar-refractivity contribution is 6.01.